The summed E-state index contributed by atoms with van der Waals surface area (Å²) in [5.41, 5.74) is 3.94. The van der Waals surface area contributed by atoms with Gasteiger partial charge in [-0.25, -0.2) is 4.79 Å². The van der Waals surface area contributed by atoms with Gasteiger partial charge in [-0.3, -0.25) is 0 Å². The molecule has 306 valence electrons. The smallest absolute Gasteiger partial charge is 0.460 e. The number of carboxylic acids is 1. The fourth-order valence-corrected chi connectivity index (χ4v) is 14.7. The molecule has 1 atom stereocenters. The van der Waals surface area contributed by atoms with Crippen LogP contribution in [0.4, 0.5) is 0 Å². The molecule has 0 radical (unpaired) electrons. The second-order valence-corrected chi connectivity index (χ2v) is 19.1. The predicted octanol–water partition coefficient (Wildman–Crippen LogP) is 15.2. The summed E-state index contributed by atoms with van der Waals surface area (Å²) in [5.74, 6) is 0.112. The summed E-state index contributed by atoms with van der Waals surface area (Å²) < 4.78 is 56.7. The van der Waals surface area contributed by atoms with E-state index < -0.39 is 28.9 Å². The van der Waals surface area contributed by atoms with Crippen LogP contribution in [0.2, 0.25) is 0 Å². The van der Waals surface area contributed by atoms with Gasteiger partial charge in [0, 0.05) is 0 Å². The van der Waals surface area contributed by atoms with Crippen LogP contribution in [-0.4, -0.2) is 11.1 Å². The maximum Gasteiger partial charge on any atom is 0.460 e. The van der Waals surface area contributed by atoms with Crippen molar-refractivity contribution in [1.82, 2.24) is 0 Å². The van der Waals surface area contributed by atoms with Crippen molar-refractivity contribution in [1.29, 1.82) is 0 Å². The first kappa shape index (κ1) is 42.1. The van der Waals surface area contributed by atoms with Crippen molar-refractivity contribution in [2.75, 3.05) is 0 Å². The van der Waals surface area contributed by atoms with Crippen LogP contribution in [0.5, 0.6) is 34.5 Å². The largest absolute Gasteiger partial charge is 0.478 e. The minimum atomic E-state index is -4.38. The van der Waals surface area contributed by atoms with Crippen molar-refractivity contribution in [3.05, 3.63) is 212 Å². The topological polar surface area (TPSA) is 130 Å². The third-order valence-electron chi connectivity index (χ3n) is 8.71. The average Bonchev–Trinajstić information content (AvgIpc) is 3.27. The normalized spacial score (nSPS) is 15.7. The maximum atomic E-state index is 12.7. The number of rotatable bonds is 18. The number of benzene rings is 6. The van der Waals surface area contributed by atoms with E-state index in [1.54, 1.807) is 115 Å². The van der Waals surface area contributed by atoms with E-state index >= 15 is 0 Å². The second kappa shape index (κ2) is 18.5. The zero-order chi connectivity index (χ0) is 42.9. The lowest BCUT2D eigenvalue weighted by Gasteiger charge is -2.33. The van der Waals surface area contributed by atoms with Crippen LogP contribution < -0.4 is 27.1 Å². The molecule has 0 bridgehead atoms. The highest BCUT2D eigenvalue weighted by Gasteiger charge is 2.49. The predicted molar refractivity (Wildman–Crippen MR) is 248 cm³/mol. The van der Waals surface area contributed by atoms with Gasteiger partial charge < -0.3 is 32.2 Å². The molecule has 1 aliphatic heterocycles. The van der Waals surface area contributed by atoms with E-state index in [2.05, 4.69) is 32.9 Å². The lowest BCUT2D eigenvalue weighted by molar-refractivity contribution is 0.0695. The summed E-state index contributed by atoms with van der Waals surface area (Å²) in [4.78, 5) is 12.7. The van der Waals surface area contributed by atoms with Crippen molar-refractivity contribution in [2.45, 2.75) is 0 Å². The van der Waals surface area contributed by atoms with E-state index in [9.17, 15) is 9.90 Å². The van der Waals surface area contributed by atoms with Crippen LogP contribution in [0.25, 0.3) is 30.4 Å². The monoisotopic (exact) mass is 867 g/mol. The minimum Gasteiger partial charge on any atom is -0.478 e. The molecule has 1 aliphatic rings. The van der Waals surface area contributed by atoms with Crippen molar-refractivity contribution < 1.29 is 37.0 Å². The molecule has 0 spiro atoms. The molecule has 61 heavy (non-hydrogen) atoms. The van der Waals surface area contributed by atoms with E-state index in [4.69, 9.17) is 40.7 Å². The molecule has 0 saturated heterocycles. The lowest BCUT2D eigenvalue weighted by Crippen LogP contribution is -2.12. The Morgan fingerprint density at radius 2 is 0.639 bits per heavy atom. The van der Waals surface area contributed by atoms with Gasteiger partial charge in [-0.2, -0.15) is 0 Å². The number of carbonyl (C=O) groups is 1. The van der Waals surface area contributed by atoms with Crippen LogP contribution in [-0.2, 0) is 0 Å². The third kappa shape index (κ3) is 10.2. The van der Waals surface area contributed by atoms with Gasteiger partial charge in [0.25, 0.3) is 0 Å². The van der Waals surface area contributed by atoms with Gasteiger partial charge in [-0.15, -0.1) is 0 Å². The van der Waals surface area contributed by atoms with E-state index in [0.717, 1.165) is 27.8 Å². The molecular weight excluding hydrogens is 827 g/mol. The Morgan fingerprint density at radius 3 is 0.885 bits per heavy atom. The molecule has 6 aromatic rings. The molecule has 11 nitrogen and oxygen atoms in total. The van der Waals surface area contributed by atoms with Crippen molar-refractivity contribution in [3.8, 4) is 34.5 Å². The minimum absolute atomic E-state index is 0.104. The Labute approximate surface area is 355 Å². The molecule has 14 heteroatoms. The molecule has 0 fully saturated rings. The average molecular weight is 868 g/mol. The van der Waals surface area contributed by atoms with Gasteiger partial charge in [0.2, 0.25) is 0 Å². The standard InChI is InChI=1S/C47H40N3O8P3/c1-6-35-15-25-40(26-16-35)53-59(54-41-27-17-36(7-2)18-28-41)48-60(55-42-29-19-37(8-3)20-30-42,56-43-31-21-38(9-4)22-32-43)50-61(49-59,57-44-33-23-39(10-5)24-34-44)58-46-14-12-11-13-45(46)47(51)52/h6-34H,1-5H2,(H,51,52). The molecule has 1 unspecified atom stereocenters. The number of aromatic carboxylic acids is 1. The van der Waals surface area contributed by atoms with E-state index in [-0.39, 0.29) is 17.1 Å². The Bertz CT molecular complexity index is 2560. The Hall–Kier alpha value is -7.02. The Kier molecular flexibility index (Phi) is 12.8. The molecule has 1 N–H and O–H groups in total. The summed E-state index contributed by atoms with van der Waals surface area (Å²) in [5, 5.41) is 10.4. The number of para-hydroxylation sites is 1. The quantitative estimate of drug-likeness (QED) is 0.0845. The first-order valence-electron chi connectivity index (χ1n) is 18.6. The van der Waals surface area contributed by atoms with Gasteiger partial charge in [-0.05, 0) is 101 Å². The Balaban J connectivity index is 1.60. The van der Waals surface area contributed by atoms with Crippen molar-refractivity contribution >= 4 is 59.3 Å². The molecule has 0 aliphatic carbocycles. The van der Waals surface area contributed by atoms with Crippen LogP contribution in [0, 0.1) is 0 Å². The number of nitrogens with zero attached hydrogens (tertiary/aromatic N) is 3. The highest BCUT2D eigenvalue weighted by Crippen LogP contribution is 2.78. The third-order valence-corrected chi connectivity index (χ3v) is 16.8. The van der Waals surface area contributed by atoms with Gasteiger partial charge in [0.1, 0.15) is 40.1 Å². The van der Waals surface area contributed by atoms with Gasteiger partial charge in [0.15, 0.2) is 0 Å². The van der Waals surface area contributed by atoms with Crippen LogP contribution in [0.3, 0.4) is 0 Å². The molecule has 7 rings (SSSR count). The summed E-state index contributed by atoms with van der Waals surface area (Å²) in [6.45, 7) is 19.4. The first-order valence-corrected chi connectivity index (χ1v) is 23.2. The van der Waals surface area contributed by atoms with Crippen LogP contribution in [0.15, 0.2) is 192 Å². The molecular formula is C47H40N3O8P3. The number of hydrogen-bond acceptors (Lipinski definition) is 10. The van der Waals surface area contributed by atoms with Gasteiger partial charge in [-0.1, -0.05) is 150 Å². The highest BCUT2D eigenvalue weighted by atomic mass is 31.3. The molecule has 0 aromatic heterocycles. The fraction of sp³-hybridized carbons (Fsp3) is 0. The SMILES string of the molecule is C=Cc1ccc(OP2(Oc3ccc(C=C)cc3)=NP(Oc3ccc(C=C)cc3)(Oc3ccc(C=C)cc3)=NP(Oc3ccc(C=C)cc3)(Oc3ccccc3C(=O)O)=N2)cc1. The molecule has 1 heterocycles. The van der Waals surface area contributed by atoms with Crippen molar-refractivity contribution in [3.63, 3.8) is 0 Å². The van der Waals surface area contributed by atoms with Crippen molar-refractivity contribution in [2.24, 2.45) is 13.5 Å². The zero-order valence-electron chi connectivity index (χ0n) is 32.8. The molecule has 0 amide bonds. The second-order valence-electron chi connectivity index (χ2n) is 13.0. The summed E-state index contributed by atoms with van der Waals surface area (Å²) in [7, 11) is -12.9. The summed E-state index contributed by atoms with van der Waals surface area (Å²) in [6, 6.07) is 41.3. The van der Waals surface area contributed by atoms with E-state index in [1.807, 2.05) is 48.5 Å². The first-order chi connectivity index (χ1) is 29.6. The van der Waals surface area contributed by atoms with Crippen LogP contribution in [0.1, 0.15) is 38.2 Å². The van der Waals surface area contributed by atoms with Gasteiger partial charge in [0.05, 0.1) is 0 Å². The number of hydrogen-bond donors (Lipinski definition) is 1. The van der Waals surface area contributed by atoms with Crippen LogP contribution >= 0.6 is 23.0 Å². The van der Waals surface area contributed by atoms with Gasteiger partial charge >= 0.3 is 28.9 Å². The fourth-order valence-electron chi connectivity index (χ4n) is 5.62. The summed E-state index contributed by atoms with van der Waals surface area (Å²) in [6.07, 6.45) is 8.48. The molecule has 6 aromatic carbocycles. The molecule has 0 saturated carbocycles. The van der Waals surface area contributed by atoms with E-state index in [0.29, 0.717) is 23.0 Å². The number of carboxylic acid groups (broad SMARTS) is 1. The maximum absolute atomic E-state index is 12.7. The Morgan fingerprint density at radius 1 is 0.393 bits per heavy atom. The highest BCUT2D eigenvalue weighted by molar-refractivity contribution is 7.79. The summed E-state index contributed by atoms with van der Waals surface area (Å²) >= 11 is 0. The lowest BCUT2D eigenvalue weighted by atomic mass is 10.2. The zero-order valence-corrected chi connectivity index (χ0v) is 35.5. The van der Waals surface area contributed by atoms with E-state index in [1.165, 1.54) is 12.1 Å².